The first kappa shape index (κ1) is 13.1. The van der Waals surface area contributed by atoms with Crippen molar-refractivity contribution in [3.05, 3.63) is 23.4 Å². The third-order valence-corrected chi connectivity index (χ3v) is 1.77. The zero-order valence-corrected chi connectivity index (χ0v) is 8.49. The van der Waals surface area contributed by atoms with Crippen LogP contribution in [0, 0.1) is 0 Å². The SMILES string of the molecule is CCC/C=C(\C=C(/N)C(F)(F)F)CC. The minimum atomic E-state index is -4.42. The van der Waals surface area contributed by atoms with E-state index in [0.717, 1.165) is 18.9 Å². The number of nitrogens with two attached hydrogens (primary N) is 1. The second kappa shape index (κ2) is 5.73. The molecule has 0 aromatic carbocycles. The molecule has 0 aliphatic heterocycles. The Morgan fingerprint density at radius 1 is 1.29 bits per heavy atom. The van der Waals surface area contributed by atoms with Crippen molar-refractivity contribution in [3.8, 4) is 0 Å². The molecule has 0 saturated carbocycles. The molecule has 0 bridgehead atoms. The van der Waals surface area contributed by atoms with Crippen molar-refractivity contribution < 1.29 is 13.2 Å². The molecule has 14 heavy (non-hydrogen) atoms. The van der Waals surface area contributed by atoms with Crippen molar-refractivity contribution in [2.75, 3.05) is 0 Å². The van der Waals surface area contributed by atoms with Crippen molar-refractivity contribution in [1.29, 1.82) is 0 Å². The lowest BCUT2D eigenvalue weighted by Gasteiger charge is -2.07. The van der Waals surface area contributed by atoms with Gasteiger partial charge in [0.15, 0.2) is 0 Å². The van der Waals surface area contributed by atoms with Crippen LogP contribution in [0.25, 0.3) is 0 Å². The van der Waals surface area contributed by atoms with Crippen LogP contribution in [0.4, 0.5) is 13.2 Å². The summed E-state index contributed by atoms with van der Waals surface area (Å²) in [5.74, 6) is 0. The molecule has 0 aromatic heterocycles. The van der Waals surface area contributed by atoms with Crippen molar-refractivity contribution in [3.63, 3.8) is 0 Å². The second-order valence-electron chi connectivity index (χ2n) is 3.02. The van der Waals surface area contributed by atoms with E-state index in [4.69, 9.17) is 5.73 Å². The van der Waals surface area contributed by atoms with Gasteiger partial charge < -0.3 is 5.73 Å². The molecular weight excluding hydrogens is 191 g/mol. The van der Waals surface area contributed by atoms with Gasteiger partial charge in [0.05, 0.1) is 0 Å². The van der Waals surface area contributed by atoms with Crippen LogP contribution < -0.4 is 5.73 Å². The predicted octanol–water partition coefficient (Wildman–Crippen LogP) is 3.53. The quantitative estimate of drug-likeness (QED) is 0.701. The van der Waals surface area contributed by atoms with Crippen LogP contribution in [0.2, 0.25) is 0 Å². The fraction of sp³-hybridized carbons (Fsp3) is 0.600. The Labute approximate surface area is 82.5 Å². The summed E-state index contributed by atoms with van der Waals surface area (Å²) in [6.45, 7) is 3.78. The first-order valence-corrected chi connectivity index (χ1v) is 4.65. The maximum absolute atomic E-state index is 12.0. The fourth-order valence-electron chi connectivity index (χ4n) is 0.917. The van der Waals surface area contributed by atoms with Gasteiger partial charge in [0.25, 0.3) is 0 Å². The molecule has 4 heteroatoms. The van der Waals surface area contributed by atoms with E-state index in [1.54, 1.807) is 6.08 Å². The van der Waals surface area contributed by atoms with Gasteiger partial charge >= 0.3 is 6.18 Å². The molecular formula is C10H16F3N. The molecule has 0 fully saturated rings. The third-order valence-electron chi connectivity index (χ3n) is 1.77. The molecule has 0 atom stereocenters. The summed E-state index contributed by atoms with van der Waals surface area (Å²) in [5, 5.41) is 0. The monoisotopic (exact) mass is 207 g/mol. The summed E-state index contributed by atoms with van der Waals surface area (Å²) in [4.78, 5) is 0. The van der Waals surface area contributed by atoms with E-state index in [9.17, 15) is 13.2 Å². The predicted molar refractivity (Wildman–Crippen MR) is 51.6 cm³/mol. The zero-order chi connectivity index (χ0) is 11.2. The highest BCUT2D eigenvalue weighted by atomic mass is 19.4. The number of halogens is 3. The Hall–Kier alpha value is -0.930. The minimum absolute atomic E-state index is 0.566. The molecule has 1 nitrogen and oxygen atoms in total. The van der Waals surface area contributed by atoms with Crippen molar-refractivity contribution in [1.82, 2.24) is 0 Å². The molecule has 0 amide bonds. The average Bonchev–Trinajstić information content (AvgIpc) is 2.10. The fourth-order valence-corrected chi connectivity index (χ4v) is 0.917. The highest BCUT2D eigenvalue weighted by molar-refractivity contribution is 5.24. The Morgan fingerprint density at radius 3 is 2.21 bits per heavy atom. The maximum atomic E-state index is 12.0. The first-order valence-electron chi connectivity index (χ1n) is 4.65. The summed E-state index contributed by atoms with van der Waals surface area (Å²) in [5.41, 5.74) is 4.51. The molecule has 82 valence electrons. The number of hydrogen-bond acceptors (Lipinski definition) is 1. The van der Waals surface area contributed by atoms with Gasteiger partial charge in [0, 0.05) is 0 Å². The standard InChI is InChI=1S/C10H16F3N/c1-3-5-6-8(4-2)7-9(14)10(11,12)13/h6-7H,3-5,14H2,1-2H3/b8-6-,9-7-. The molecule has 0 saturated heterocycles. The van der Waals surface area contributed by atoms with Crippen LogP contribution in [-0.2, 0) is 0 Å². The van der Waals surface area contributed by atoms with Crippen molar-refractivity contribution in [2.45, 2.75) is 39.3 Å². The molecule has 0 aromatic rings. The molecule has 0 aliphatic carbocycles. The van der Waals surface area contributed by atoms with Gasteiger partial charge in [-0.05, 0) is 18.9 Å². The highest BCUT2D eigenvalue weighted by Crippen LogP contribution is 2.23. The molecule has 0 spiro atoms. The summed E-state index contributed by atoms with van der Waals surface area (Å²) in [7, 11) is 0. The lowest BCUT2D eigenvalue weighted by atomic mass is 10.1. The van der Waals surface area contributed by atoms with Crippen LogP contribution in [0.5, 0.6) is 0 Å². The average molecular weight is 207 g/mol. The lowest BCUT2D eigenvalue weighted by Crippen LogP contribution is -2.19. The number of unbranched alkanes of at least 4 members (excludes halogenated alkanes) is 1. The Morgan fingerprint density at radius 2 is 1.86 bits per heavy atom. The summed E-state index contributed by atoms with van der Waals surface area (Å²) in [6, 6.07) is 0. The summed E-state index contributed by atoms with van der Waals surface area (Å²) in [6.07, 6.45) is 0.652. The van der Waals surface area contributed by atoms with Crippen LogP contribution in [-0.4, -0.2) is 6.18 Å². The molecule has 0 aliphatic rings. The van der Waals surface area contributed by atoms with Crippen LogP contribution >= 0.6 is 0 Å². The Kier molecular flexibility index (Phi) is 5.35. The van der Waals surface area contributed by atoms with Gasteiger partial charge in [-0.15, -0.1) is 0 Å². The van der Waals surface area contributed by atoms with E-state index in [1.165, 1.54) is 0 Å². The second-order valence-corrected chi connectivity index (χ2v) is 3.02. The number of alkyl halides is 3. The smallest absolute Gasteiger partial charge is 0.395 e. The van der Waals surface area contributed by atoms with Crippen LogP contribution in [0.15, 0.2) is 23.4 Å². The number of hydrogen-bond donors (Lipinski definition) is 1. The summed E-state index contributed by atoms with van der Waals surface area (Å²) < 4.78 is 36.1. The van der Waals surface area contributed by atoms with E-state index in [-0.39, 0.29) is 0 Å². The van der Waals surface area contributed by atoms with Gasteiger partial charge in [0.1, 0.15) is 5.70 Å². The van der Waals surface area contributed by atoms with Gasteiger partial charge in [-0.25, -0.2) is 0 Å². The van der Waals surface area contributed by atoms with E-state index in [1.807, 2.05) is 13.8 Å². The number of allylic oxidation sites excluding steroid dienone is 4. The van der Waals surface area contributed by atoms with Gasteiger partial charge in [-0.2, -0.15) is 13.2 Å². The first-order chi connectivity index (χ1) is 6.41. The molecule has 0 rings (SSSR count). The summed E-state index contributed by atoms with van der Waals surface area (Å²) >= 11 is 0. The Balaban J connectivity index is 4.58. The van der Waals surface area contributed by atoms with Gasteiger partial charge in [-0.3, -0.25) is 0 Å². The van der Waals surface area contributed by atoms with E-state index < -0.39 is 11.9 Å². The van der Waals surface area contributed by atoms with E-state index in [0.29, 0.717) is 12.0 Å². The van der Waals surface area contributed by atoms with Gasteiger partial charge in [0.2, 0.25) is 0 Å². The normalized spacial score (nSPS) is 14.6. The highest BCUT2D eigenvalue weighted by Gasteiger charge is 2.31. The van der Waals surface area contributed by atoms with E-state index in [2.05, 4.69) is 0 Å². The molecule has 0 radical (unpaired) electrons. The van der Waals surface area contributed by atoms with Gasteiger partial charge in [-0.1, -0.05) is 31.9 Å². The van der Waals surface area contributed by atoms with Crippen molar-refractivity contribution >= 4 is 0 Å². The minimum Gasteiger partial charge on any atom is -0.395 e. The largest absolute Gasteiger partial charge is 0.430 e. The third kappa shape index (κ3) is 4.94. The lowest BCUT2D eigenvalue weighted by molar-refractivity contribution is -0.0927. The molecule has 2 N–H and O–H groups in total. The molecule has 0 heterocycles. The van der Waals surface area contributed by atoms with Crippen LogP contribution in [0.1, 0.15) is 33.1 Å². The molecule has 0 unspecified atom stereocenters. The topological polar surface area (TPSA) is 26.0 Å². The number of rotatable bonds is 4. The zero-order valence-electron chi connectivity index (χ0n) is 8.49. The maximum Gasteiger partial charge on any atom is 0.430 e. The van der Waals surface area contributed by atoms with Crippen LogP contribution in [0.3, 0.4) is 0 Å². The Bertz CT molecular complexity index is 226. The van der Waals surface area contributed by atoms with Crippen molar-refractivity contribution in [2.24, 2.45) is 5.73 Å². The van der Waals surface area contributed by atoms with E-state index >= 15 is 0 Å².